The average molecular weight is 194 g/mol. The lowest BCUT2D eigenvalue weighted by atomic mass is 10.0. The van der Waals surface area contributed by atoms with Crippen LogP contribution in [0.25, 0.3) is 0 Å². The average Bonchev–Trinajstić information content (AvgIpc) is 2.08. The molecule has 4 nitrogen and oxygen atoms in total. The van der Waals surface area contributed by atoms with E-state index < -0.39 is 18.2 Å². The highest BCUT2D eigenvalue weighted by atomic mass is 19.1. The van der Waals surface area contributed by atoms with Gasteiger partial charge in [-0.15, -0.1) is 0 Å². The second kappa shape index (κ2) is 3.75. The molecular weight excluding hydrogens is 187 g/mol. The number of carboxylic acids is 1. The Hall–Kier alpha value is -2.09. The Kier molecular flexibility index (Phi) is 2.67. The fourth-order valence-corrected chi connectivity index (χ4v) is 1.09. The Bertz CT molecular complexity index is 424. The third-order valence-electron chi connectivity index (χ3n) is 1.67. The van der Waals surface area contributed by atoms with E-state index >= 15 is 0 Å². The molecule has 14 heavy (non-hydrogen) atoms. The smallest absolute Gasteiger partial charge is 0.307 e. The molecule has 0 saturated heterocycles. The van der Waals surface area contributed by atoms with Gasteiger partial charge in [0.15, 0.2) is 0 Å². The highest BCUT2D eigenvalue weighted by Gasteiger charge is 2.13. The van der Waals surface area contributed by atoms with Crippen LogP contribution in [0.15, 0.2) is 12.1 Å². The van der Waals surface area contributed by atoms with Gasteiger partial charge in [0.1, 0.15) is 5.82 Å². The molecule has 72 valence electrons. The number of nitriles is 1. The summed E-state index contributed by atoms with van der Waals surface area (Å²) in [6, 6.07) is 3.95. The van der Waals surface area contributed by atoms with Crippen LogP contribution in [-0.4, -0.2) is 11.1 Å². The number of nitrogens with two attached hydrogens (primary N) is 1. The van der Waals surface area contributed by atoms with Crippen LogP contribution in [0.2, 0.25) is 0 Å². The lowest BCUT2D eigenvalue weighted by molar-refractivity contribution is -0.136. The summed E-state index contributed by atoms with van der Waals surface area (Å²) in [6.07, 6.45) is -0.519. The van der Waals surface area contributed by atoms with Crippen molar-refractivity contribution in [2.45, 2.75) is 6.42 Å². The number of halogens is 1. The molecule has 1 aromatic carbocycles. The number of nitrogen functional groups attached to an aromatic ring is 1. The molecule has 0 aromatic heterocycles. The van der Waals surface area contributed by atoms with E-state index in [1.807, 2.05) is 0 Å². The van der Waals surface area contributed by atoms with Crippen molar-refractivity contribution in [1.82, 2.24) is 0 Å². The van der Waals surface area contributed by atoms with Crippen molar-refractivity contribution >= 4 is 11.7 Å². The van der Waals surface area contributed by atoms with Gasteiger partial charge in [-0.3, -0.25) is 4.79 Å². The summed E-state index contributed by atoms with van der Waals surface area (Å²) in [5.74, 6) is -1.95. The van der Waals surface area contributed by atoms with E-state index in [1.54, 1.807) is 6.07 Å². The molecule has 0 saturated carbocycles. The highest BCUT2D eigenvalue weighted by Crippen LogP contribution is 2.17. The fourth-order valence-electron chi connectivity index (χ4n) is 1.09. The molecule has 3 N–H and O–H groups in total. The van der Waals surface area contributed by atoms with Gasteiger partial charge in [-0.1, -0.05) is 0 Å². The number of aliphatic carboxylic acids is 1. The lowest BCUT2D eigenvalue weighted by Gasteiger charge is -2.03. The maximum absolute atomic E-state index is 13.2. The number of rotatable bonds is 2. The van der Waals surface area contributed by atoms with Gasteiger partial charge in [0.2, 0.25) is 0 Å². The second-order valence-corrected chi connectivity index (χ2v) is 2.71. The summed E-state index contributed by atoms with van der Waals surface area (Å²) in [5.41, 5.74) is 5.23. The van der Waals surface area contributed by atoms with Gasteiger partial charge in [0.25, 0.3) is 0 Å². The van der Waals surface area contributed by atoms with Gasteiger partial charge in [-0.2, -0.15) is 5.26 Å². The van der Waals surface area contributed by atoms with E-state index in [1.165, 1.54) is 6.07 Å². The van der Waals surface area contributed by atoms with Crippen molar-refractivity contribution in [1.29, 1.82) is 5.26 Å². The number of hydrogen-bond acceptors (Lipinski definition) is 3. The van der Waals surface area contributed by atoms with Crippen molar-refractivity contribution in [3.05, 3.63) is 29.1 Å². The zero-order valence-corrected chi connectivity index (χ0v) is 7.12. The van der Waals surface area contributed by atoms with Crippen molar-refractivity contribution in [2.75, 3.05) is 5.73 Å². The molecule has 0 aliphatic carbocycles. The molecule has 0 bridgehead atoms. The van der Waals surface area contributed by atoms with E-state index in [4.69, 9.17) is 16.1 Å². The Morgan fingerprint density at radius 2 is 2.29 bits per heavy atom. The third-order valence-corrected chi connectivity index (χ3v) is 1.67. The Morgan fingerprint density at radius 1 is 1.64 bits per heavy atom. The standard InChI is InChI=1S/C9H7FN2O2/c10-8-2-6(12)1-5(4-11)7(8)3-9(13)14/h1-2H,3,12H2,(H,13,14). The fraction of sp³-hybridized carbons (Fsp3) is 0.111. The van der Waals surface area contributed by atoms with Crippen molar-refractivity contribution in [3.63, 3.8) is 0 Å². The number of hydrogen-bond donors (Lipinski definition) is 2. The third kappa shape index (κ3) is 1.98. The van der Waals surface area contributed by atoms with E-state index in [0.29, 0.717) is 0 Å². The summed E-state index contributed by atoms with van der Waals surface area (Å²) in [5, 5.41) is 17.1. The molecule has 0 aliphatic heterocycles. The van der Waals surface area contributed by atoms with Gasteiger partial charge in [-0.05, 0) is 12.1 Å². The number of carbonyl (C=O) groups is 1. The Labute approximate surface area is 79.4 Å². The number of anilines is 1. The highest BCUT2D eigenvalue weighted by molar-refractivity contribution is 5.72. The zero-order chi connectivity index (χ0) is 10.7. The first kappa shape index (κ1) is 9.99. The molecule has 0 radical (unpaired) electrons. The minimum absolute atomic E-state index is 0.0371. The van der Waals surface area contributed by atoms with Crippen LogP contribution in [0.3, 0.4) is 0 Å². The van der Waals surface area contributed by atoms with Gasteiger partial charge in [-0.25, -0.2) is 4.39 Å². The summed E-state index contributed by atoms with van der Waals surface area (Å²) < 4.78 is 13.2. The maximum Gasteiger partial charge on any atom is 0.307 e. The minimum Gasteiger partial charge on any atom is -0.481 e. The van der Waals surface area contributed by atoms with Crippen molar-refractivity contribution in [2.24, 2.45) is 0 Å². The predicted molar refractivity (Wildman–Crippen MR) is 46.9 cm³/mol. The lowest BCUT2D eigenvalue weighted by Crippen LogP contribution is -2.06. The number of benzene rings is 1. The van der Waals surface area contributed by atoms with Crippen LogP contribution in [0.4, 0.5) is 10.1 Å². The van der Waals surface area contributed by atoms with Crippen LogP contribution in [0.1, 0.15) is 11.1 Å². The minimum atomic E-state index is -1.19. The predicted octanol–water partition coefficient (Wildman–Crippen LogP) is 0.907. The largest absolute Gasteiger partial charge is 0.481 e. The van der Waals surface area contributed by atoms with Gasteiger partial charge in [0.05, 0.1) is 18.1 Å². The normalized spacial score (nSPS) is 9.43. The Balaban J connectivity index is 3.27. The molecule has 0 atom stereocenters. The molecule has 0 fully saturated rings. The molecule has 1 aromatic rings. The summed E-state index contributed by atoms with van der Waals surface area (Å²) >= 11 is 0. The van der Waals surface area contributed by atoms with Crippen LogP contribution in [0.5, 0.6) is 0 Å². The van der Waals surface area contributed by atoms with Crippen LogP contribution in [-0.2, 0) is 11.2 Å². The topological polar surface area (TPSA) is 87.1 Å². The summed E-state index contributed by atoms with van der Waals surface area (Å²) in [4.78, 5) is 10.4. The molecule has 0 heterocycles. The molecule has 5 heteroatoms. The second-order valence-electron chi connectivity index (χ2n) is 2.71. The SMILES string of the molecule is N#Cc1cc(N)cc(F)c1CC(=O)O. The first-order chi connectivity index (χ1) is 6.54. The first-order valence-electron chi connectivity index (χ1n) is 3.74. The maximum atomic E-state index is 13.2. The first-order valence-corrected chi connectivity index (χ1v) is 3.74. The summed E-state index contributed by atoms with van der Waals surface area (Å²) in [7, 11) is 0. The van der Waals surface area contributed by atoms with Gasteiger partial charge in [0, 0.05) is 11.3 Å². The quantitative estimate of drug-likeness (QED) is 0.685. The van der Waals surface area contributed by atoms with Crippen molar-refractivity contribution in [3.8, 4) is 6.07 Å². The van der Waals surface area contributed by atoms with Crippen LogP contribution < -0.4 is 5.73 Å². The molecule has 0 spiro atoms. The summed E-state index contributed by atoms with van der Waals surface area (Å²) in [6.45, 7) is 0. The van der Waals surface area contributed by atoms with Crippen LogP contribution in [0, 0.1) is 17.1 Å². The molecule has 0 aliphatic rings. The van der Waals surface area contributed by atoms with Gasteiger partial charge >= 0.3 is 5.97 Å². The van der Waals surface area contributed by atoms with E-state index in [0.717, 1.165) is 6.07 Å². The molecule has 0 unspecified atom stereocenters. The van der Waals surface area contributed by atoms with E-state index in [2.05, 4.69) is 0 Å². The van der Waals surface area contributed by atoms with E-state index in [9.17, 15) is 9.18 Å². The molecular formula is C9H7FN2O2. The van der Waals surface area contributed by atoms with E-state index in [-0.39, 0.29) is 16.8 Å². The van der Waals surface area contributed by atoms with Gasteiger partial charge < -0.3 is 10.8 Å². The van der Waals surface area contributed by atoms with Crippen molar-refractivity contribution < 1.29 is 14.3 Å². The zero-order valence-electron chi connectivity index (χ0n) is 7.12. The molecule has 0 amide bonds. The molecule has 1 rings (SSSR count). The number of nitrogens with zero attached hydrogens (tertiary/aromatic N) is 1. The monoisotopic (exact) mass is 194 g/mol. The Morgan fingerprint density at radius 3 is 2.79 bits per heavy atom. The number of carboxylic acid groups (broad SMARTS) is 1. The van der Waals surface area contributed by atoms with Crippen LogP contribution >= 0.6 is 0 Å².